The molecule has 0 aromatic carbocycles. The van der Waals surface area contributed by atoms with Crippen LogP contribution >= 0.6 is 0 Å². The summed E-state index contributed by atoms with van der Waals surface area (Å²) < 4.78 is 0.250. The van der Waals surface area contributed by atoms with E-state index < -0.39 is 0 Å². The second-order valence-electron chi connectivity index (χ2n) is 2.61. The first kappa shape index (κ1) is 6.21. The predicted molar refractivity (Wildman–Crippen MR) is 35.4 cm³/mol. The number of nitrogens with zero attached hydrogens (tertiary/aromatic N) is 1. The Morgan fingerprint density at radius 3 is 1.62 bits per heavy atom. The molecule has 1 aliphatic heterocycles. The van der Waals surface area contributed by atoms with Crippen molar-refractivity contribution in [1.29, 1.82) is 0 Å². The van der Waals surface area contributed by atoms with Crippen molar-refractivity contribution in [3.63, 3.8) is 0 Å². The second kappa shape index (κ2) is 2.14. The van der Waals surface area contributed by atoms with Crippen LogP contribution in [0, 0.1) is 0 Å². The highest BCUT2D eigenvalue weighted by Gasteiger charge is 2.18. The lowest BCUT2D eigenvalue weighted by Gasteiger charge is -2.35. The quantitative estimate of drug-likeness (QED) is 0.385. The summed E-state index contributed by atoms with van der Waals surface area (Å²) in [5.41, 5.74) is 0. The van der Waals surface area contributed by atoms with E-state index >= 15 is 0 Å². The number of hydrogen-bond donors (Lipinski definition) is 0. The van der Waals surface area contributed by atoms with E-state index in [0.717, 1.165) is 13.1 Å². The Bertz CT molecular complexity index is 74.5. The standard InChI is InChI=1S/C5H10B2N/c6-8(7)4-2-1-3-5-8/h1-5H2/q+1. The van der Waals surface area contributed by atoms with Gasteiger partial charge < -0.3 is 4.31 Å². The van der Waals surface area contributed by atoms with Gasteiger partial charge in [-0.1, -0.05) is 0 Å². The largest absolute Gasteiger partial charge is 0.473 e. The van der Waals surface area contributed by atoms with Crippen molar-refractivity contribution in [3.8, 4) is 0 Å². The Morgan fingerprint density at radius 2 is 1.38 bits per heavy atom. The average molecular weight is 106 g/mol. The number of quaternary nitrogens is 1. The summed E-state index contributed by atoms with van der Waals surface area (Å²) in [7, 11) is 11.2. The molecule has 0 unspecified atom stereocenters. The van der Waals surface area contributed by atoms with E-state index in [9.17, 15) is 0 Å². The summed E-state index contributed by atoms with van der Waals surface area (Å²) in [5.74, 6) is 0. The minimum atomic E-state index is 0.250. The van der Waals surface area contributed by atoms with Crippen LogP contribution in [0.15, 0.2) is 0 Å². The van der Waals surface area contributed by atoms with Crippen LogP contribution in [-0.4, -0.2) is 33.4 Å². The van der Waals surface area contributed by atoms with Gasteiger partial charge in [0.25, 0.3) is 0 Å². The first-order chi connectivity index (χ1) is 3.71. The Hall–Kier alpha value is 0.0899. The molecule has 1 rings (SSSR count). The van der Waals surface area contributed by atoms with Crippen LogP contribution in [0.4, 0.5) is 0 Å². The minimum Gasteiger partial charge on any atom is -0.473 e. The monoisotopic (exact) mass is 106 g/mol. The van der Waals surface area contributed by atoms with Gasteiger partial charge >= 0.3 is 16.0 Å². The van der Waals surface area contributed by atoms with Crippen LogP contribution in [0.25, 0.3) is 0 Å². The summed E-state index contributed by atoms with van der Waals surface area (Å²) in [6.45, 7) is 1.89. The molecular weight excluding hydrogens is 95.7 g/mol. The highest BCUT2D eigenvalue weighted by Crippen LogP contribution is 2.10. The molecule has 0 bridgehead atoms. The predicted octanol–water partition coefficient (Wildman–Crippen LogP) is 0.154. The van der Waals surface area contributed by atoms with Gasteiger partial charge in [0.15, 0.2) is 0 Å². The van der Waals surface area contributed by atoms with E-state index in [0.29, 0.717) is 0 Å². The molecule has 0 amide bonds. The molecule has 0 aliphatic carbocycles. The fourth-order valence-electron chi connectivity index (χ4n) is 1.10. The van der Waals surface area contributed by atoms with Gasteiger partial charge in [-0.2, -0.15) is 0 Å². The van der Waals surface area contributed by atoms with Crippen molar-refractivity contribution in [2.24, 2.45) is 0 Å². The molecule has 0 spiro atoms. The molecule has 1 fully saturated rings. The number of hydrogen-bond acceptors (Lipinski definition) is 0. The molecule has 0 saturated carbocycles. The fraction of sp³-hybridized carbons (Fsp3) is 1.00. The number of piperidine rings is 1. The second-order valence-corrected chi connectivity index (χ2v) is 2.61. The highest BCUT2D eigenvalue weighted by molar-refractivity contribution is 6.14. The first-order valence-electron chi connectivity index (χ1n) is 3.15. The summed E-state index contributed by atoms with van der Waals surface area (Å²) in [4.78, 5) is 0. The Kier molecular flexibility index (Phi) is 1.66. The Morgan fingerprint density at radius 1 is 0.875 bits per heavy atom. The summed E-state index contributed by atoms with van der Waals surface area (Å²) in [5, 5.41) is 0. The zero-order valence-electron chi connectivity index (χ0n) is 5.14. The highest BCUT2D eigenvalue weighted by atomic mass is 15.2. The summed E-state index contributed by atoms with van der Waals surface area (Å²) in [6, 6.07) is 0. The van der Waals surface area contributed by atoms with Crippen molar-refractivity contribution in [1.82, 2.24) is 0 Å². The lowest BCUT2D eigenvalue weighted by atomic mass is 9.95. The zero-order valence-corrected chi connectivity index (χ0v) is 5.14. The van der Waals surface area contributed by atoms with Gasteiger partial charge in [0.1, 0.15) is 0 Å². The van der Waals surface area contributed by atoms with Crippen molar-refractivity contribution in [2.75, 3.05) is 13.1 Å². The molecule has 3 heteroatoms. The van der Waals surface area contributed by atoms with Gasteiger partial charge in [0.05, 0.1) is 0 Å². The third kappa shape index (κ3) is 1.55. The van der Waals surface area contributed by atoms with Gasteiger partial charge in [-0.05, 0) is 19.3 Å². The summed E-state index contributed by atoms with van der Waals surface area (Å²) >= 11 is 0. The molecule has 1 aliphatic rings. The topological polar surface area (TPSA) is 0 Å². The van der Waals surface area contributed by atoms with E-state index in [1.807, 2.05) is 0 Å². The third-order valence-corrected chi connectivity index (χ3v) is 1.65. The molecule has 40 valence electrons. The van der Waals surface area contributed by atoms with Crippen molar-refractivity contribution >= 4 is 16.0 Å². The van der Waals surface area contributed by atoms with E-state index in [1.165, 1.54) is 19.3 Å². The van der Waals surface area contributed by atoms with Crippen LogP contribution in [0.2, 0.25) is 0 Å². The normalized spacial score (nSPS) is 27.5. The molecule has 8 heavy (non-hydrogen) atoms. The molecule has 4 radical (unpaired) electrons. The SMILES string of the molecule is [B][N+]1([B])CCCCC1. The smallest absolute Gasteiger partial charge is 0.456 e. The van der Waals surface area contributed by atoms with Gasteiger partial charge in [0.2, 0.25) is 0 Å². The van der Waals surface area contributed by atoms with E-state index in [-0.39, 0.29) is 4.31 Å². The Balaban J connectivity index is 2.33. The van der Waals surface area contributed by atoms with Crippen LogP contribution < -0.4 is 0 Å². The molecular formula is C5H10B2N+. The molecule has 1 heterocycles. The molecule has 0 atom stereocenters. The lowest BCUT2D eigenvalue weighted by molar-refractivity contribution is -0.701. The lowest BCUT2D eigenvalue weighted by Crippen LogP contribution is -2.46. The van der Waals surface area contributed by atoms with E-state index in [4.69, 9.17) is 16.0 Å². The average Bonchev–Trinajstić information content (AvgIpc) is 1.65. The molecule has 1 nitrogen and oxygen atoms in total. The van der Waals surface area contributed by atoms with E-state index in [2.05, 4.69) is 0 Å². The van der Waals surface area contributed by atoms with Crippen LogP contribution in [0.1, 0.15) is 19.3 Å². The maximum Gasteiger partial charge on any atom is 0.456 e. The zero-order chi connectivity index (χ0) is 6.04. The third-order valence-electron chi connectivity index (χ3n) is 1.65. The van der Waals surface area contributed by atoms with Crippen LogP contribution in [0.5, 0.6) is 0 Å². The van der Waals surface area contributed by atoms with Gasteiger partial charge in [0, 0.05) is 13.1 Å². The molecule has 1 saturated heterocycles. The van der Waals surface area contributed by atoms with Gasteiger partial charge in [-0.15, -0.1) is 0 Å². The van der Waals surface area contributed by atoms with E-state index in [1.54, 1.807) is 0 Å². The fourth-order valence-corrected chi connectivity index (χ4v) is 1.10. The molecule has 0 N–H and O–H groups in total. The van der Waals surface area contributed by atoms with Crippen molar-refractivity contribution in [3.05, 3.63) is 0 Å². The molecule has 0 aromatic rings. The van der Waals surface area contributed by atoms with Crippen molar-refractivity contribution in [2.45, 2.75) is 19.3 Å². The van der Waals surface area contributed by atoms with Gasteiger partial charge in [-0.3, -0.25) is 0 Å². The van der Waals surface area contributed by atoms with Crippen molar-refractivity contribution < 1.29 is 4.31 Å². The van der Waals surface area contributed by atoms with Crippen LogP contribution in [-0.2, 0) is 0 Å². The maximum atomic E-state index is 5.59. The van der Waals surface area contributed by atoms with Gasteiger partial charge in [-0.25, -0.2) is 0 Å². The Labute approximate surface area is 53.5 Å². The molecule has 0 aromatic heterocycles. The first-order valence-corrected chi connectivity index (χ1v) is 3.15. The minimum absolute atomic E-state index is 0.250. The summed E-state index contributed by atoms with van der Waals surface area (Å²) in [6.07, 6.45) is 3.68. The number of rotatable bonds is 0. The maximum absolute atomic E-state index is 5.59. The van der Waals surface area contributed by atoms with Crippen LogP contribution in [0.3, 0.4) is 0 Å².